The minimum absolute atomic E-state index is 0.0926. The van der Waals surface area contributed by atoms with Gasteiger partial charge in [0.15, 0.2) is 0 Å². The lowest BCUT2D eigenvalue weighted by molar-refractivity contribution is 0.0456. The van der Waals surface area contributed by atoms with Gasteiger partial charge < -0.3 is 19.3 Å². The fourth-order valence-electron chi connectivity index (χ4n) is 7.47. The number of nitrogens with zero attached hydrogens (tertiary/aromatic N) is 3. The first-order chi connectivity index (χ1) is 22.5. The molecule has 4 aliphatic rings. The molecule has 2 aliphatic carbocycles. The Morgan fingerprint density at radius 2 is 2.00 bits per heavy atom. The fourth-order valence-corrected chi connectivity index (χ4v) is 8.69. The molecule has 1 saturated carbocycles. The largest absolute Gasteiger partial charge is 0.490 e. The van der Waals surface area contributed by atoms with Gasteiger partial charge in [-0.15, -0.1) is 0 Å². The third-order valence-electron chi connectivity index (χ3n) is 10.9. The Bertz CT molecular complexity index is 1640. The van der Waals surface area contributed by atoms with Gasteiger partial charge in [-0.1, -0.05) is 36.7 Å². The van der Waals surface area contributed by atoms with Crippen LogP contribution in [0.1, 0.15) is 73.3 Å². The van der Waals surface area contributed by atoms with Crippen LogP contribution in [0, 0.1) is 24.7 Å². The molecule has 2 bridgehead atoms. The molecule has 8 nitrogen and oxygen atoms in total. The topological polar surface area (TPSA) is 96.7 Å². The number of rotatable bonds is 0. The number of aromatic nitrogens is 2. The zero-order chi connectivity index (χ0) is 33.3. The van der Waals surface area contributed by atoms with Crippen molar-refractivity contribution in [1.29, 1.82) is 0 Å². The van der Waals surface area contributed by atoms with Gasteiger partial charge >= 0.3 is 0 Å². The van der Waals surface area contributed by atoms with E-state index in [-0.39, 0.29) is 28.4 Å². The van der Waals surface area contributed by atoms with Crippen molar-refractivity contribution in [2.75, 3.05) is 24.6 Å². The number of benzene rings is 2. The van der Waals surface area contributed by atoms with Gasteiger partial charge in [0.25, 0.3) is 5.91 Å². The van der Waals surface area contributed by atoms with E-state index in [1.165, 1.54) is 11.1 Å². The number of fused-ring (bicyclic) bond motifs is 4. The average Bonchev–Trinajstić information content (AvgIpc) is 3.34. The number of imidazole rings is 1. The van der Waals surface area contributed by atoms with Crippen molar-refractivity contribution in [2.45, 2.75) is 76.1 Å². The third kappa shape index (κ3) is 7.18. The molecule has 1 aromatic heterocycles. The number of aliphatic hydroxyl groups is 1. The Hall–Kier alpha value is -3.14. The quantitative estimate of drug-likeness (QED) is 0.271. The van der Waals surface area contributed by atoms with E-state index in [1.807, 2.05) is 68.9 Å². The zero-order valence-corrected chi connectivity index (χ0v) is 29.4. The summed E-state index contributed by atoms with van der Waals surface area (Å²) in [5.41, 5.74) is 3.75. The van der Waals surface area contributed by atoms with Crippen molar-refractivity contribution in [3.8, 4) is 5.75 Å². The number of aliphatic hydroxyl groups excluding tert-OH is 1. The summed E-state index contributed by atoms with van der Waals surface area (Å²) < 4.78 is 24.3. The molecule has 252 valence electrons. The van der Waals surface area contributed by atoms with E-state index in [2.05, 4.69) is 26.7 Å². The van der Waals surface area contributed by atoms with E-state index in [9.17, 15) is 14.1 Å². The van der Waals surface area contributed by atoms with Crippen LogP contribution in [0.25, 0.3) is 0 Å². The summed E-state index contributed by atoms with van der Waals surface area (Å²) in [7, 11) is 0.444. The lowest BCUT2D eigenvalue weighted by Gasteiger charge is -2.45. The normalized spacial score (nSPS) is 31.1. The van der Waals surface area contributed by atoms with Crippen molar-refractivity contribution in [3.63, 3.8) is 0 Å². The molecule has 3 aromatic rings. The molecule has 6 unspecified atom stereocenters. The number of carbonyl (C=O) groups is 1. The van der Waals surface area contributed by atoms with Gasteiger partial charge in [0.2, 0.25) is 0 Å². The number of halogens is 1. The van der Waals surface area contributed by atoms with Gasteiger partial charge in [-0.25, -0.2) is 9.19 Å². The van der Waals surface area contributed by atoms with Crippen LogP contribution in [-0.2, 0) is 29.9 Å². The van der Waals surface area contributed by atoms with E-state index in [4.69, 9.17) is 16.3 Å². The van der Waals surface area contributed by atoms with Crippen LogP contribution in [0.15, 0.2) is 60.9 Å². The maximum atomic E-state index is 13.3. The highest BCUT2D eigenvalue weighted by Gasteiger charge is 2.44. The SMILES string of the molecule is CC1C/C=C/C(O)C2CCC2CN2C[C@@]3(CCCc4cc(Cl)ccc43)COc3ccc(cc32)C(=O)NS(=O)C1C.Cc1nccn1C. The van der Waals surface area contributed by atoms with E-state index in [0.717, 1.165) is 67.5 Å². The summed E-state index contributed by atoms with van der Waals surface area (Å²) in [6.07, 6.45) is 13.0. The molecule has 1 spiro atoms. The minimum Gasteiger partial charge on any atom is -0.490 e. The lowest BCUT2D eigenvalue weighted by atomic mass is 9.68. The maximum absolute atomic E-state index is 13.3. The predicted molar refractivity (Wildman–Crippen MR) is 188 cm³/mol. The number of aryl methyl sites for hydroxylation is 3. The average molecular weight is 679 g/mol. The molecule has 0 saturated heterocycles. The van der Waals surface area contributed by atoms with Crippen LogP contribution in [0.3, 0.4) is 0 Å². The summed E-state index contributed by atoms with van der Waals surface area (Å²) in [5, 5.41) is 11.6. The van der Waals surface area contributed by atoms with Crippen LogP contribution in [0.5, 0.6) is 5.75 Å². The highest BCUT2D eigenvalue weighted by Crippen LogP contribution is 2.46. The van der Waals surface area contributed by atoms with Gasteiger partial charge in [-0.2, -0.15) is 0 Å². The van der Waals surface area contributed by atoms with Crippen LogP contribution in [-0.4, -0.2) is 55.8 Å². The summed E-state index contributed by atoms with van der Waals surface area (Å²) in [6, 6.07) is 11.8. The molecule has 1 fully saturated rings. The number of allylic oxidation sites excluding steroid dienone is 1. The Labute approximate surface area is 286 Å². The van der Waals surface area contributed by atoms with E-state index in [0.29, 0.717) is 24.5 Å². The lowest BCUT2D eigenvalue weighted by Crippen LogP contribution is -2.49. The van der Waals surface area contributed by atoms with Gasteiger partial charge in [0.05, 0.1) is 23.6 Å². The Morgan fingerprint density at radius 1 is 1.17 bits per heavy atom. The second-order valence-electron chi connectivity index (χ2n) is 13.9. The second-order valence-corrected chi connectivity index (χ2v) is 15.9. The van der Waals surface area contributed by atoms with Crippen molar-refractivity contribution in [3.05, 3.63) is 88.5 Å². The van der Waals surface area contributed by atoms with Crippen LogP contribution < -0.4 is 14.4 Å². The number of nitrogens with one attached hydrogen (secondary N) is 1. The van der Waals surface area contributed by atoms with Crippen LogP contribution in [0.4, 0.5) is 5.69 Å². The third-order valence-corrected chi connectivity index (χ3v) is 12.7. The first kappa shape index (κ1) is 33.7. The molecule has 47 heavy (non-hydrogen) atoms. The molecule has 3 heterocycles. The molecule has 10 heteroatoms. The number of carbonyl (C=O) groups excluding carboxylic acids is 1. The number of amides is 1. The van der Waals surface area contributed by atoms with E-state index in [1.54, 1.807) is 12.3 Å². The highest BCUT2D eigenvalue weighted by molar-refractivity contribution is 7.84. The second kappa shape index (κ2) is 14.1. The van der Waals surface area contributed by atoms with E-state index < -0.39 is 17.1 Å². The molecule has 1 amide bonds. The summed E-state index contributed by atoms with van der Waals surface area (Å²) in [4.78, 5) is 19.7. The smallest absolute Gasteiger partial charge is 0.263 e. The minimum atomic E-state index is -1.53. The fraction of sp³-hybridized carbons (Fsp3) is 0.514. The van der Waals surface area contributed by atoms with Crippen molar-refractivity contribution in [2.24, 2.45) is 24.8 Å². The Morgan fingerprint density at radius 3 is 2.70 bits per heavy atom. The van der Waals surface area contributed by atoms with E-state index >= 15 is 0 Å². The molecule has 7 rings (SSSR count). The molecule has 2 aromatic carbocycles. The van der Waals surface area contributed by atoms with Gasteiger partial charge in [-0.05, 0) is 112 Å². The number of ether oxygens (including phenoxy) is 1. The van der Waals surface area contributed by atoms with Gasteiger partial charge in [0, 0.05) is 48.5 Å². The molecule has 2 N–H and O–H groups in total. The first-order valence-electron chi connectivity index (χ1n) is 16.9. The van der Waals surface area contributed by atoms with Gasteiger partial charge in [-0.3, -0.25) is 9.52 Å². The monoisotopic (exact) mass is 678 g/mol. The summed E-state index contributed by atoms with van der Waals surface area (Å²) in [6.45, 7) is 8.00. The summed E-state index contributed by atoms with van der Waals surface area (Å²) >= 11 is 6.39. The summed E-state index contributed by atoms with van der Waals surface area (Å²) in [5.74, 6) is 2.10. The molecule has 2 aliphatic heterocycles. The standard InChI is InChI=1S/C32H39ClN2O4S.C5H8N2/c1-20-5-3-7-29(36)26-11-8-24(26)17-35-18-32(14-4-6-22-15-25(33)10-12-27(22)32)19-39-30-13-9-23(16-28(30)35)31(37)34-40(38)21(20)2;1-5-6-3-4-7(5)2/h3,7,9-10,12-13,15-16,20-21,24,26,29,36H,4-6,8,11,14,17-19H2,1-2H3,(H,34,37);3-4H,1-2H3/b7-3+;/t20?,21?,24?,26?,29?,32-,40?;/m0./s1. The Balaban J connectivity index is 0.000000491. The maximum Gasteiger partial charge on any atom is 0.263 e. The van der Waals surface area contributed by atoms with Crippen molar-refractivity contribution >= 4 is 34.2 Å². The predicted octanol–water partition coefficient (Wildman–Crippen LogP) is 6.31. The van der Waals surface area contributed by atoms with Crippen molar-refractivity contribution < 1.29 is 18.8 Å². The Kier molecular flexibility index (Phi) is 10.2. The first-order valence-corrected chi connectivity index (χ1v) is 18.4. The molecular formula is C37H47ClN4O4S. The number of hydrogen-bond acceptors (Lipinski definition) is 6. The number of anilines is 1. The van der Waals surface area contributed by atoms with Crippen LogP contribution >= 0.6 is 11.6 Å². The van der Waals surface area contributed by atoms with Crippen LogP contribution in [0.2, 0.25) is 5.02 Å². The van der Waals surface area contributed by atoms with Crippen molar-refractivity contribution in [1.82, 2.24) is 14.3 Å². The highest BCUT2D eigenvalue weighted by atomic mass is 35.5. The molecular weight excluding hydrogens is 632 g/mol. The number of hydrogen-bond donors (Lipinski definition) is 2. The van der Waals surface area contributed by atoms with Gasteiger partial charge in [0.1, 0.15) is 22.6 Å². The molecule has 7 atom stereocenters. The zero-order valence-electron chi connectivity index (χ0n) is 27.8. The molecule has 0 radical (unpaired) electrons.